The first-order valence-electron chi connectivity index (χ1n) is 7.20. The first-order valence-corrected chi connectivity index (χ1v) is 8.42. The number of thioether (sulfide) groups is 1. The molecule has 0 saturated heterocycles. The second-order valence-electron chi connectivity index (χ2n) is 5.08. The van der Waals surface area contributed by atoms with Crippen molar-refractivity contribution < 1.29 is 19.4 Å². The van der Waals surface area contributed by atoms with Crippen LogP contribution in [0.4, 0.5) is 0 Å². The molecule has 0 spiro atoms. The first kappa shape index (κ1) is 18.0. The molecule has 1 atom stereocenters. The Balaban J connectivity index is 2.53. The molecule has 4 nitrogen and oxygen atoms in total. The molecule has 0 aliphatic carbocycles. The van der Waals surface area contributed by atoms with Crippen LogP contribution in [0.5, 0.6) is 0 Å². The highest BCUT2D eigenvalue weighted by Gasteiger charge is 2.45. The lowest BCUT2D eigenvalue weighted by atomic mass is 9.83. The van der Waals surface area contributed by atoms with Gasteiger partial charge >= 0.3 is 5.97 Å². The fourth-order valence-electron chi connectivity index (χ4n) is 2.40. The third-order valence-electron chi connectivity index (χ3n) is 3.73. The summed E-state index contributed by atoms with van der Waals surface area (Å²) in [6.07, 6.45) is 1.85. The van der Waals surface area contributed by atoms with Crippen molar-refractivity contribution in [2.45, 2.75) is 10.5 Å². The van der Waals surface area contributed by atoms with Crippen LogP contribution in [0.2, 0.25) is 0 Å². The van der Waals surface area contributed by atoms with Gasteiger partial charge in [0.05, 0.1) is 7.11 Å². The second kappa shape index (κ2) is 7.47. The van der Waals surface area contributed by atoms with Gasteiger partial charge in [-0.2, -0.15) is 0 Å². The van der Waals surface area contributed by atoms with E-state index < -0.39 is 17.4 Å². The molecule has 0 bridgehead atoms. The molecule has 0 aliphatic rings. The Morgan fingerprint density at radius 2 is 1.67 bits per heavy atom. The van der Waals surface area contributed by atoms with Crippen LogP contribution in [-0.2, 0) is 15.1 Å². The minimum atomic E-state index is -2.24. The van der Waals surface area contributed by atoms with Crippen molar-refractivity contribution in [3.05, 3.63) is 77.9 Å². The van der Waals surface area contributed by atoms with Crippen molar-refractivity contribution in [3.8, 4) is 0 Å². The van der Waals surface area contributed by atoms with Gasteiger partial charge in [0.1, 0.15) is 0 Å². The van der Waals surface area contributed by atoms with Crippen molar-refractivity contribution in [1.82, 2.24) is 0 Å². The molecule has 2 aromatic rings. The molecule has 0 heterocycles. The summed E-state index contributed by atoms with van der Waals surface area (Å²) in [6.45, 7) is 3.71. The summed E-state index contributed by atoms with van der Waals surface area (Å²) in [5, 5.41) is 11.0. The van der Waals surface area contributed by atoms with Gasteiger partial charge < -0.3 is 9.84 Å². The lowest BCUT2D eigenvalue weighted by Crippen LogP contribution is -2.41. The minimum Gasteiger partial charge on any atom is -0.466 e. The molecule has 0 amide bonds. The normalized spacial score (nSPS) is 13.0. The Kier molecular flexibility index (Phi) is 5.59. The average Bonchev–Trinajstić information content (AvgIpc) is 2.66. The summed E-state index contributed by atoms with van der Waals surface area (Å²) >= 11 is 1.40. The third kappa shape index (κ3) is 3.13. The van der Waals surface area contributed by atoms with Gasteiger partial charge in [-0.25, -0.2) is 4.79 Å². The standard InChI is InChI=1S/C19H18O4S/c1-13(17(20)15-11-7-8-12-16(15)24-3)19(22,18(21)23-2)14-9-5-4-6-10-14/h4-12,22H,1H2,2-3H3. The summed E-state index contributed by atoms with van der Waals surface area (Å²) in [5.74, 6) is -1.45. The monoisotopic (exact) mass is 342 g/mol. The van der Waals surface area contributed by atoms with Gasteiger partial charge in [0, 0.05) is 16.0 Å². The highest BCUT2D eigenvalue weighted by molar-refractivity contribution is 7.98. The first-order chi connectivity index (χ1) is 11.5. The lowest BCUT2D eigenvalue weighted by Gasteiger charge is -2.27. The number of benzene rings is 2. The van der Waals surface area contributed by atoms with Gasteiger partial charge in [0.15, 0.2) is 5.78 Å². The molecular formula is C19H18O4S. The largest absolute Gasteiger partial charge is 0.466 e. The van der Waals surface area contributed by atoms with E-state index in [4.69, 9.17) is 4.74 Å². The van der Waals surface area contributed by atoms with Gasteiger partial charge in [-0.1, -0.05) is 49.0 Å². The van der Waals surface area contributed by atoms with Crippen molar-refractivity contribution >= 4 is 23.5 Å². The van der Waals surface area contributed by atoms with E-state index in [-0.39, 0.29) is 11.1 Å². The van der Waals surface area contributed by atoms with Gasteiger partial charge in [0.2, 0.25) is 5.60 Å². The van der Waals surface area contributed by atoms with E-state index in [1.54, 1.807) is 48.5 Å². The predicted octanol–water partition coefficient (Wildman–Crippen LogP) is 3.21. The quantitative estimate of drug-likeness (QED) is 0.378. The minimum absolute atomic E-state index is 0.233. The number of carbonyl (C=O) groups excluding carboxylic acids is 2. The predicted molar refractivity (Wildman–Crippen MR) is 94.0 cm³/mol. The molecule has 24 heavy (non-hydrogen) atoms. The molecule has 0 fully saturated rings. The van der Waals surface area contributed by atoms with E-state index in [0.717, 1.165) is 12.0 Å². The molecular weight excluding hydrogens is 324 g/mol. The van der Waals surface area contributed by atoms with Crippen molar-refractivity contribution in [2.24, 2.45) is 0 Å². The van der Waals surface area contributed by atoms with E-state index >= 15 is 0 Å². The highest BCUT2D eigenvalue weighted by Crippen LogP contribution is 2.33. The van der Waals surface area contributed by atoms with Crippen LogP contribution in [0.3, 0.4) is 0 Å². The number of hydrogen-bond acceptors (Lipinski definition) is 5. The Bertz CT molecular complexity index is 770. The number of hydrogen-bond donors (Lipinski definition) is 1. The molecule has 0 aliphatic heterocycles. The van der Waals surface area contributed by atoms with Crippen LogP contribution in [0.25, 0.3) is 0 Å². The smallest absolute Gasteiger partial charge is 0.347 e. The lowest BCUT2D eigenvalue weighted by molar-refractivity contribution is -0.159. The Hall–Kier alpha value is -2.37. The fourth-order valence-corrected chi connectivity index (χ4v) is 3.00. The summed E-state index contributed by atoms with van der Waals surface area (Å²) in [7, 11) is 1.16. The molecule has 1 N–H and O–H groups in total. The number of aliphatic hydroxyl groups is 1. The second-order valence-corrected chi connectivity index (χ2v) is 5.92. The van der Waals surface area contributed by atoms with Crippen LogP contribution in [0.15, 0.2) is 71.6 Å². The van der Waals surface area contributed by atoms with Gasteiger partial charge in [-0.3, -0.25) is 4.79 Å². The maximum absolute atomic E-state index is 12.9. The average molecular weight is 342 g/mol. The van der Waals surface area contributed by atoms with Crippen LogP contribution in [-0.4, -0.2) is 30.2 Å². The number of carbonyl (C=O) groups is 2. The van der Waals surface area contributed by atoms with Gasteiger partial charge in [0.25, 0.3) is 0 Å². The van der Waals surface area contributed by atoms with Crippen molar-refractivity contribution in [1.29, 1.82) is 0 Å². The SMILES string of the molecule is C=C(C(=O)c1ccccc1SC)C(O)(C(=O)OC)c1ccccc1. The van der Waals surface area contributed by atoms with Crippen LogP contribution in [0, 0.1) is 0 Å². The topological polar surface area (TPSA) is 63.6 Å². The van der Waals surface area contributed by atoms with Gasteiger partial charge in [-0.05, 0) is 24.0 Å². The Labute approximate surface area is 145 Å². The van der Waals surface area contributed by atoms with Crippen LogP contribution in [0.1, 0.15) is 15.9 Å². The van der Waals surface area contributed by atoms with Crippen LogP contribution < -0.4 is 0 Å². The molecule has 0 saturated carbocycles. The third-order valence-corrected chi connectivity index (χ3v) is 4.53. The number of ether oxygens (including phenoxy) is 1. The summed E-state index contributed by atoms with van der Waals surface area (Å²) in [5.41, 5.74) is -1.87. The number of ketones is 1. The molecule has 1 unspecified atom stereocenters. The highest BCUT2D eigenvalue weighted by atomic mass is 32.2. The number of rotatable bonds is 6. The molecule has 5 heteroatoms. The van der Waals surface area contributed by atoms with Crippen LogP contribution >= 0.6 is 11.8 Å². The molecule has 2 rings (SSSR count). The van der Waals surface area contributed by atoms with E-state index in [0.29, 0.717) is 5.56 Å². The molecule has 0 aromatic heterocycles. The summed E-state index contributed by atoms with van der Waals surface area (Å²) in [4.78, 5) is 25.9. The van der Waals surface area contributed by atoms with E-state index in [1.165, 1.54) is 11.8 Å². The Morgan fingerprint density at radius 3 is 2.25 bits per heavy atom. The van der Waals surface area contributed by atoms with Gasteiger partial charge in [-0.15, -0.1) is 11.8 Å². The fraction of sp³-hybridized carbons (Fsp3) is 0.158. The summed E-state index contributed by atoms with van der Waals surface area (Å²) < 4.78 is 4.73. The number of Topliss-reactive ketones (excluding diaryl/α,β-unsaturated/α-hetero) is 1. The van der Waals surface area contributed by atoms with Crippen molar-refractivity contribution in [3.63, 3.8) is 0 Å². The van der Waals surface area contributed by atoms with E-state index in [9.17, 15) is 14.7 Å². The zero-order valence-corrected chi connectivity index (χ0v) is 14.3. The summed E-state index contributed by atoms with van der Waals surface area (Å²) in [6, 6.07) is 15.1. The van der Waals surface area contributed by atoms with E-state index in [1.807, 2.05) is 12.3 Å². The maximum atomic E-state index is 12.9. The zero-order valence-electron chi connectivity index (χ0n) is 13.5. The van der Waals surface area contributed by atoms with E-state index in [2.05, 4.69) is 6.58 Å². The number of methoxy groups -OCH3 is 1. The number of esters is 1. The van der Waals surface area contributed by atoms with Crippen molar-refractivity contribution in [2.75, 3.05) is 13.4 Å². The maximum Gasteiger partial charge on any atom is 0.347 e. The molecule has 124 valence electrons. The molecule has 2 aromatic carbocycles. The molecule has 0 radical (unpaired) electrons. The zero-order chi connectivity index (χ0) is 17.7. The Morgan fingerprint density at radius 1 is 1.08 bits per heavy atom.